The first kappa shape index (κ1) is 8.93. The van der Waals surface area contributed by atoms with Gasteiger partial charge in [0.1, 0.15) is 0 Å². The minimum Gasteiger partial charge on any atom is -0.329 e. The average Bonchev–Trinajstić information content (AvgIpc) is 2.50. The van der Waals surface area contributed by atoms with Crippen molar-refractivity contribution in [1.29, 1.82) is 0 Å². The summed E-state index contributed by atoms with van der Waals surface area (Å²) in [6, 6.07) is 0. The monoisotopic (exact) mass is 158 g/mol. The van der Waals surface area contributed by atoms with E-state index < -0.39 is 0 Å². The van der Waals surface area contributed by atoms with Gasteiger partial charge >= 0.3 is 0 Å². The zero-order valence-corrected chi connectivity index (χ0v) is 6.97. The van der Waals surface area contributed by atoms with Gasteiger partial charge in [-0.2, -0.15) is 0 Å². The molecule has 0 aromatic heterocycles. The van der Waals surface area contributed by atoms with Gasteiger partial charge in [-0.25, -0.2) is 0 Å². The van der Waals surface area contributed by atoms with Crippen molar-refractivity contribution in [2.75, 3.05) is 45.9 Å². The largest absolute Gasteiger partial charge is 0.329 e. The average molecular weight is 158 g/mol. The van der Waals surface area contributed by atoms with Gasteiger partial charge in [-0.05, 0) is 0 Å². The zero-order chi connectivity index (χ0) is 7.94. The van der Waals surface area contributed by atoms with Crippen molar-refractivity contribution in [3.63, 3.8) is 0 Å². The van der Waals surface area contributed by atoms with E-state index in [0.717, 1.165) is 39.4 Å². The maximum atomic E-state index is 5.33. The molecule has 0 bridgehead atoms. The van der Waals surface area contributed by atoms with E-state index in [2.05, 4.69) is 15.5 Å². The molecule has 1 saturated heterocycles. The fourth-order valence-corrected chi connectivity index (χ4v) is 1.21. The maximum absolute atomic E-state index is 5.33. The second-order valence-electron chi connectivity index (χ2n) is 2.81. The fraction of sp³-hybridized carbons (Fsp3) is 1.00. The van der Waals surface area contributed by atoms with Crippen LogP contribution in [0.3, 0.4) is 0 Å². The third kappa shape index (κ3) is 3.67. The molecule has 0 aromatic rings. The molecule has 66 valence electrons. The number of nitrogens with one attached hydrogen (secondary N) is 2. The molecule has 0 radical (unpaired) electrons. The van der Waals surface area contributed by atoms with Crippen molar-refractivity contribution < 1.29 is 0 Å². The zero-order valence-electron chi connectivity index (χ0n) is 6.97. The molecule has 1 aliphatic heterocycles. The Kier molecular flexibility index (Phi) is 4.45. The molecular formula is C7H18N4. The van der Waals surface area contributed by atoms with Crippen LogP contribution in [-0.4, -0.2) is 50.8 Å². The highest BCUT2D eigenvalue weighted by atomic mass is 15.3. The number of rotatable bonds is 5. The summed E-state index contributed by atoms with van der Waals surface area (Å²) in [7, 11) is 0. The standard InChI is InChI=1S/C7H18N4/c8-1-2-9-3-5-11-6-4-10-7-11/h9-10H,1-8H2. The van der Waals surface area contributed by atoms with Crippen molar-refractivity contribution in [2.24, 2.45) is 5.73 Å². The molecule has 1 heterocycles. The summed E-state index contributed by atoms with van der Waals surface area (Å²) >= 11 is 0. The van der Waals surface area contributed by atoms with E-state index in [1.807, 2.05) is 0 Å². The molecule has 0 aromatic carbocycles. The summed E-state index contributed by atoms with van der Waals surface area (Å²) in [6.45, 7) is 7.22. The van der Waals surface area contributed by atoms with Gasteiger partial charge in [0.05, 0.1) is 0 Å². The van der Waals surface area contributed by atoms with E-state index in [1.54, 1.807) is 0 Å². The number of nitrogens with two attached hydrogens (primary N) is 1. The second-order valence-corrected chi connectivity index (χ2v) is 2.81. The SMILES string of the molecule is NCCNCCN1CCNC1. The van der Waals surface area contributed by atoms with E-state index in [1.165, 1.54) is 6.54 Å². The Morgan fingerprint density at radius 2 is 2.36 bits per heavy atom. The molecule has 1 aliphatic rings. The predicted octanol–water partition coefficient (Wildman–Crippen LogP) is -1.60. The third-order valence-electron chi connectivity index (χ3n) is 1.87. The van der Waals surface area contributed by atoms with Gasteiger partial charge in [0.15, 0.2) is 0 Å². The highest BCUT2D eigenvalue weighted by Crippen LogP contribution is 1.89. The van der Waals surface area contributed by atoms with Gasteiger partial charge in [-0.1, -0.05) is 0 Å². The lowest BCUT2D eigenvalue weighted by Gasteiger charge is -2.13. The topological polar surface area (TPSA) is 53.3 Å². The van der Waals surface area contributed by atoms with Gasteiger partial charge in [0.25, 0.3) is 0 Å². The first-order valence-electron chi connectivity index (χ1n) is 4.27. The molecule has 4 nitrogen and oxygen atoms in total. The minimum absolute atomic E-state index is 0.734. The smallest absolute Gasteiger partial charge is 0.0481 e. The Hall–Kier alpha value is -0.160. The third-order valence-corrected chi connectivity index (χ3v) is 1.87. The molecule has 4 N–H and O–H groups in total. The molecule has 11 heavy (non-hydrogen) atoms. The number of hydrogen-bond donors (Lipinski definition) is 3. The second kappa shape index (κ2) is 5.49. The Morgan fingerprint density at radius 3 is 3.00 bits per heavy atom. The highest BCUT2D eigenvalue weighted by Gasteiger charge is 2.08. The summed E-state index contributed by atoms with van der Waals surface area (Å²) in [5, 5.41) is 6.55. The van der Waals surface area contributed by atoms with Gasteiger partial charge in [-0.15, -0.1) is 0 Å². The van der Waals surface area contributed by atoms with Crippen LogP contribution in [0.4, 0.5) is 0 Å². The molecule has 0 atom stereocenters. The predicted molar refractivity (Wildman–Crippen MR) is 46.4 cm³/mol. The molecule has 0 unspecified atom stereocenters. The van der Waals surface area contributed by atoms with E-state index in [0.29, 0.717) is 0 Å². The van der Waals surface area contributed by atoms with Crippen molar-refractivity contribution in [3.8, 4) is 0 Å². The fourth-order valence-electron chi connectivity index (χ4n) is 1.21. The molecule has 1 rings (SSSR count). The Balaban J connectivity index is 1.86. The summed E-state index contributed by atoms with van der Waals surface area (Å²) in [6.07, 6.45) is 0. The van der Waals surface area contributed by atoms with Crippen molar-refractivity contribution >= 4 is 0 Å². The van der Waals surface area contributed by atoms with E-state index in [9.17, 15) is 0 Å². The van der Waals surface area contributed by atoms with Crippen molar-refractivity contribution in [3.05, 3.63) is 0 Å². The van der Waals surface area contributed by atoms with Crippen LogP contribution >= 0.6 is 0 Å². The molecule has 0 spiro atoms. The van der Waals surface area contributed by atoms with Crippen LogP contribution in [0, 0.1) is 0 Å². The Labute approximate surface area is 68.1 Å². The molecule has 1 fully saturated rings. The van der Waals surface area contributed by atoms with Crippen LogP contribution in [0.25, 0.3) is 0 Å². The summed E-state index contributed by atoms with van der Waals surface area (Å²) in [5.74, 6) is 0. The molecule has 0 amide bonds. The summed E-state index contributed by atoms with van der Waals surface area (Å²) in [5.41, 5.74) is 5.33. The van der Waals surface area contributed by atoms with Gasteiger partial charge in [-0.3, -0.25) is 4.90 Å². The number of nitrogens with zero attached hydrogens (tertiary/aromatic N) is 1. The van der Waals surface area contributed by atoms with Gasteiger partial charge in [0, 0.05) is 45.9 Å². The molecule has 0 aliphatic carbocycles. The Morgan fingerprint density at radius 1 is 1.45 bits per heavy atom. The van der Waals surface area contributed by atoms with E-state index in [4.69, 9.17) is 5.73 Å². The molecule has 4 heteroatoms. The van der Waals surface area contributed by atoms with E-state index in [-0.39, 0.29) is 0 Å². The van der Waals surface area contributed by atoms with Crippen LogP contribution in [0.1, 0.15) is 0 Å². The summed E-state index contributed by atoms with van der Waals surface area (Å²) < 4.78 is 0. The first-order chi connectivity index (χ1) is 5.43. The van der Waals surface area contributed by atoms with Crippen LogP contribution in [0.5, 0.6) is 0 Å². The highest BCUT2D eigenvalue weighted by molar-refractivity contribution is 4.66. The van der Waals surface area contributed by atoms with Crippen LogP contribution in [0.15, 0.2) is 0 Å². The van der Waals surface area contributed by atoms with Crippen LogP contribution in [-0.2, 0) is 0 Å². The summed E-state index contributed by atoms with van der Waals surface area (Å²) in [4.78, 5) is 2.39. The lowest BCUT2D eigenvalue weighted by molar-refractivity contribution is 0.333. The van der Waals surface area contributed by atoms with Gasteiger partial charge < -0.3 is 16.4 Å². The molecule has 0 saturated carbocycles. The normalized spacial score (nSPS) is 19.4. The van der Waals surface area contributed by atoms with E-state index >= 15 is 0 Å². The van der Waals surface area contributed by atoms with Crippen molar-refractivity contribution in [1.82, 2.24) is 15.5 Å². The molecular weight excluding hydrogens is 140 g/mol. The lowest BCUT2D eigenvalue weighted by atomic mass is 10.5. The van der Waals surface area contributed by atoms with Gasteiger partial charge in [0.2, 0.25) is 0 Å². The maximum Gasteiger partial charge on any atom is 0.0481 e. The lowest BCUT2D eigenvalue weighted by Crippen LogP contribution is -2.33. The first-order valence-corrected chi connectivity index (χ1v) is 4.27. The number of hydrogen-bond acceptors (Lipinski definition) is 4. The van der Waals surface area contributed by atoms with Crippen LogP contribution in [0.2, 0.25) is 0 Å². The minimum atomic E-state index is 0.734. The quantitative estimate of drug-likeness (QED) is 0.422. The Bertz CT molecular complexity index is 90.4. The van der Waals surface area contributed by atoms with Crippen LogP contribution < -0.4 is 16.4 Å². The van der Waals surface area contributed by atoms with Crippen molar-refractivity contribution in [2.45, 2.75) is 0 Å².